The van der Waals surface area contributed by atoms with Gasteiger partial charge in [-0.05, 0) is 102 Å². The molecule has 0 unspecified atom stereocenters. The molecule has 8 atom stereocenters. The van der Waals surface area contributed by atoms with Gasteiger partial charge in [0.05, 0.1) is 0 Å². The van der Waals surface area contributed by atoms with Crippen molar-refractivity contribution in [2.24, 2.45) is 23.1 Å². The Hall–Kier alpha value is -12.4. The van der Waals surface area contributed by atoms with Gasteiger partial charge in [0.1, 0.15) is 55.4 Å². The summed E-state index contributed by atoms with van der Waals surface area (Å²) in [6, 6.07) is 27.3. The number of aromatic amines is 3. The summed E-state index contributed by atoms with van der Waals surface area (Å²) in [6.07, 6.45) is 4.05. The summed E-state index contributed by atoms with van der Waals surface area (Å²) in [5.41, 5.74) is 24.8. The molecule has 0 bridgehead atoms. The predicted molar refractivity (Wildman–Crippen MR) is 397 cm³/mol. The first kappa shape index (κ1) is 76.7. The van der Waals surface area contributed by atoms with Crippen LogP contribution in [0.4, 0.5) is 4.79 Å². The van der Waals surface area contributed by atoms with Crippen LogP contribution in [0.5, 0.6) is 0 Å². The molecule has 3 heterocycles. The van der Waals surface area contributed by atoms with Crippen LogP contribution in [0.15, 0.2) is 140 Å². The Bertz CT molecular complexity index is 4410. The van der Waals surface area contributed by atoms with Crippen molar-refractivity contribution in [3.8, 4) is 11.1 Å². The van der Waals surface area contributed by atoms with Crippen molar-refractivity contribution < 1.29 is 53.0 Å². The highest BCUT2D eigenvalue weighted by Crippen LogP contribution is 2.44. The number of guanidine groups is 3. The largest absolute Gasteiger partial charge is 0.480 e. The first-order valence-electron chi connectivity index (χ1n) is 34.9. The number of carbonyl (C=O) groups is 9. The molecule has 8 aromatic rings. The van der Waals surface area contributed by atoms with Gasteiger partial charge in [0.2, 0.25) is 41.4 Å². The lowest BCUT2D eigenvalue weighted by Gasteiger charge is -2.28. The summed E-state index contributed by atoms with van der Waals surface area (Å²) >= 11 is 0. The van der Waals surface area contributed by atoms with E-state index in [-0.39, 0.29) is 108 Å². The van der Waals surface area contributed by atoms with Crippen LogP contribution in [0.2, 0.25) is 0 Å². The summed E-state index contributed by atoms with van der Waals surface area (Å²) < 4.78 is 5.69. The van der Waals surface area contributed by atoms with Gasteiger partial charge in [-0.2, -0.15) is 0 Å². The van der Waals surface area contributed by atoms with Gasteiger partial charge < -0.3 is 100 Å². The number of benzene rings is 5. The number of nitrogens with two attached hydrogens (primary N) is 3. The smallest absolute Gasteiger partial charge is 0.407 e. The molecule has 31 heteroatoms. The molecule has 5 aromatic carbocycles. The van der Waals surface area contributed by atoms with Gasteiger partial charge >= 0.3 is 12.1 Å². The summed E-state index contributed by atoms with van der Waals surface area (Å²) in [5, 5.41) is 65.5. The zero-order chi connectivity index (χ0) is 75.1. The van der Waals surface area contributed by atoms with E-state index in [2.05, 4.69) is 73.4 Å². The van der Waals surface area contributed by atoms with E-state index in [4.69, 9.17) is 38.2 Å². The highest BCUT2D eigenvalue weighted by molar-refractivity contribution is 5.99. The van der Waals surface area contributed by atoms with E-state index in [0.29, 0.717) is 44.9 Å². The van der Waals surface area contributed by atoms with Crippen LogP contribution in [0.1, 0.15) is 92.5 Å². The van der Waals surface area contributed by atoms with Gasteiger partial charge in [0.15, 0.2) is 17.9 Å². The number of aliphatic carboxylic acids is 1. The summed E-state index contributed by atoms with van der Waals surface area (Å²) in [7, 11) is 0. The molecule has 0 fully saturated rings. The topological polar surface area (TPSA) is 512 Å². The lowest BCUT2D eigenvalue weighted by atomic mass is 9.98. The average molecular weight is 1440 g/mol. The summed E-state index contributed by atoms with van der Waals surface area (Å²) in [4.78, 5) is 140. The van der Waals surface area contributed by atoms with Crippen molar-refractivity contribution >= 4 is 104 Å². The second kappa shape index (κ2) is 36.9. The molecule has 0 radical (unpaired) electrons. The van der Waals surface area contributed by atoms with Crippen LogP contribution >= 0.6 is 0 Å². The van der Waals surface area contributed by atoms with Gasteiger partial charge in [0.25, 0.3) is 0 Å². The molecule has 24 N–H and O–H groups in total. The number of carboxylic acids is 1. The highest BCUT2D eigenvalue weighted by atomic mass is 16.5. The van der Waals surface area contributed by atoms with E-state index in [1.807, 2.05) is 97.1 Å². The second-order valence-corrected chi connectivity index (χ2v) is 26.0. The molecular weight excluding hydrogens is 1340 g/mol. The minimum atomic E-state index is -1.53. The molecule has 9 rings (SSSR count). The van der Waals surface area contributed by atoms with Crippen LogP contribution in [0.25, 0.3) is 43.8 Å². The van der Waals surface area contributed by atoms with E-state index in [1.54, 1.807) is 56.7 Å². The van der Waals surface area contributed by atoms with E-state index in [0.717, 1.165) is 33.2 Å². The Balaban J connectivity index is 0.979. The van der Waals surface area contributed by atoms with Crippen molar-refractivity contribution in [3.63, 3.8) is 0 Å². The summed E-state index contributed by atoms with van der Waals surface area (Å²) in [5.74, 6) is -9.12. The third kappa shape index (κ3) is 21.1. The SMILES string of the molecule is CC[C@H](C)[C@H](NC(=O)[C@@H](CCCNC(=N)N)NC(=O)[C@@H](Cc1c[nH]c2ccccc12)NC(=O)[C@@H](Cc1c[nH]c2ccccc12)NC(=O)[C@@H](CCCNC(=N)N)NC(=O)[C@@H](CCCNC(=N)N)NC(=O)[C@@H](Cc1c[nH]c2ccccc12)NC(=O)CNC(=O)OCC1c2ccccc2-c2ccccc21)C(=O)O. The monoisotopic (exact) mass is 1440 g/mol. The lowest BCUT2D eigenvalue weighted by molar-refractivity contribution is -0.144. The van der Waals surface area contributed by atoms with Crippen molar-refractivity contribution in [2.45, 2.75) is 126 Å². The number of fused-ring (bicyclic) bond motifs is 6. The zero-order valence-electron chi connectivity index (χ0n) is 58.3. The number of nitrogens with one attached hydrogen (secondary N) is 17. The molecule has 31 nitrogen and oxygen atoms in total. The van der Waals surface area contributed by atoms with E-state index < -0.39 is 108 Å². The Kier molecular flexibility index (Phi) is 27.0. The first-order chi connectivity index (χ1) is 50.5. The number of alkyl carbamates (subject to hydrolysis) is 1. The normalized spacial score (nSPS) is 13.9. The van der Waals surface area contributed by atoms with Crippen LogP contribution in [0.3, 0.4) is 0 Å². The van der Waals surface area contributed by atoms with Crippen LogP contribution < -0.4 is 75.7 Å². The van der Waals surface area contributed by atoms with Gasteiger partial charge in [-0.1, -0.05) is 123 Å². The minimum Gasteiger partial charge on any atom is -0.480 e. The Morgan fingerprint density at radius 1 is 0.457 bits per heavy atom. The number of hydrogen-bond donors (Lipinski definition) is 21. The number of para-hydroxylation sites is 3. The van der Waals surface area contributed by atoms with E-state index in [9.17, 15) is 29.1 Å². The molecule has 3 aromatic heterocycles. The number of aromatic nitrogens is 3. The van der Waals surface area contributed by atoms with Crippen molar-refractivity contribution in [1.29, 1.82) is 16.2 Å². The van der Waals surface area contributed by atoms with Gasteiger partial charge in [-0.25, -0.2) is 9.59 Å². The van der Waals surface area contributed by atoms with E-state index >= 15 is 19.2 Å². The fraction of sp³-hybridized carbons (Fsp3) is 0.351. The Morgan fingerprint density at radius 2 is 0.790 bits per heavy atom. The van der Waals surface area contributed by atoms with Crippen molar-refractivity contribution in [2.75, 3.05) is 32.8 Å². The zero-order valence-corrected chi connectivity index (χ0v) is 58.3. The summed E-state index contributed by atoms with van der Waals surface area (Å²) in [6.45, 7) is 3.00. The molecule has 0 aliphatic heterocycles. The quantitative estimate of drug-likeness (QED) is 0.0150. The highest BCUT2D eigenvalue weighted by Gasteiger charge is 2.37. The van der Waals surface area contributed by atoms with Gasteiger partial charge in [0, 0.05) is 96.1 Å². The number of amides is 8. The molecule has 105 heavy (non-hydrogen) atoms. The third-order valence-corrected chi connectivity index (χ3v) is 18.6. The number of carboxylic acid groups (broad SMARTS) is 1. The number of hydrogen-bond acceptors (Lipinski definition) is 13. The van der Waals surface area contributed by atoms with Crippen LogP contribution in [-0.4, -0.2) is 166 Å². The van der Waals surface area contributed by atoms with Crippen LogP contribution in [-0.2, 0) is 62.4 Å². The van der Waals surface area contributed by atoms with Gasteiger partial charge in [-0.3, -0.25) is 49.8 Å². The van der Waals surface area contributed by atoms with Crippen LogP contribution in [0, 0.1) is 22.1 Å². The number of rotatable bonds is 38. The van der Waals surface area contributed by atoms with Gasteiger partial charge in [-0.15, -0.1) is 0 Å². The molecule has 0 spiro atoms. The van der Waals surface area contributed by atoms with E-state index in [1.165, 1.54) is 0 Å². The number of ether oxygens (including phenoxy) is 1. The van der Waals surface area contributed by atoms with Crippen molar-refractivity contribution in [1.82, 2.24) is 73.4 Å². The molecule has 1 aliphatic rings. The van der Waals surface area contributed by atoms with Crippen molar-refractivity contribution in [3.05, 3.63) is 168 Å². The average Bonchev–Trinajstić information content (AvgIpc) is 1.61. The fourth-order valence-electron chi connectivity index (χ4n) is 12.9. The maximum atomic E-state index is 15.4. The molecule has 1 aliphatic carbocycles. The fourth-order valence-corrected chi connectivity index (χ4v) is 12.9. The lowest BCUT2D eigenvalue weighted by Crippen LogP contribution is -2.61. The second-order valence-electron chi connectivity index (χ2n) is 26.0. The number of carbonyl (C=O) groups excluding carboxylic acids is 8. The predicted octanol–water partition coefficient (Wildman–Crippen LogP) is 3.01. The molecular formula is C74H92N20O11. The Labute approximate surface area is 605 Å². The molecule has 554 valence electrons. The first-order valence-corrected chi connectivity index (χ1v) is 34.9. The standard InChI is InChI=1S/C74H92N20O11/c1-3-41(2)63(70(102)103)94-66(98)58(29-16-32-83-73(79)80)91-68(100)60(34-43-37-85-54-25-12-9-18-46(43)54)93-69(101)61(35-44-38-86-55-26-13-10-19-47(44)55)92-65(97)57(28-15-31-82-72(77)78)89-64(96)56(27-14-30-81-71(75)76)90-67(99)59(33-42-36-84-53-24-11-8-17-45(42)53)88-62(95)39-87-74(104)105-40-52-50-22-6-4-20-48(50)49-21-5-7-23-51(49)52/h4-13,17-26,36-38,41,52,56-61,63,84-86H,3,14-16,27-35,39-40H2,1-2H3,(H,87,104)(H,88,95)(H,89,96)(H,90,99)(H,91,100)(H,92,97)(H,93,101)(H,94,98)(H,102,103)(H4,75,76,81)(H4,77,78,82)(H4,79,80,83)/t41-,56+,57+,58+,59+,60+,61+,63-/m0/s1. The minimum absolute atomic E-state index is 0.0281. The molecule has 0 saturated carbocycles. The maximum absolute atomic E-state index is 15.4. The maximum Gasteiger partial charge on any atom is 0.407 e. The number of H-pyrrole nitrogens is 3. The molecule has 8 amide bonds. The molecule has 0 saturated heterocycles. The Morgan fingerprint density at radius 3 is 1.16 bits per heavy atom. The third-order valence-electron chi connectivity index (χ3n) is 18.6.